The maximum absolute atomic E-state index is 13.6. The number of benzene rings is 1. The molecule has 1 saturated heterocycles. The number of nitrogens with zero attached hydrogens (tertiary/aromatic N) is 2. The predicted octanol–water partition coefficient (Wildman–Crippen LogP) is 2.62. The molecule has 1 amide bonds. The van der Waals surface area contributed by atoms with E-state index in [0.29, 0.717) is 31.5 Å². The molecule has 9 nitrogen and oxygen atoms in total. The second kappa shape index (κ2) is 9.35. The molecule has 2 aliphatic rings. The van der Waals surface area contributed by atoms with Gasteiger partial charge in [-0.05, 0) is 62.8 Å². The molecule has 0 aromatic heterocycles. The van der Waals surface area contributed by atoms with E-state index in [1.807, 2.05) is 32.9 Å². The van der Waals surface area contributed by atoms with Crippen LogP contribution >= 0.6 is 0 Å². The number of hydrogen-bond acceptors (Lipinski definition) is 8. The number of amides is 1. The third-order valence-corrected chi connectivity index (χ3v) is 5.99. The third-order valence-electron chi connectivity index (χ3n) is 5.99. The van der Waals surface area contributed by atoms with Crippen molar-refractivity contribution in [3.05, 3.63) is 40.1 Å². The molecule has 3 rings (SSSR count). The van der Waals surface area contributed by atoms with E-state index in [1.165, 1.54) is 0 Å². The summed E-state index contributed by atoms with van der Waals surface area (Å²) in [5, 5.41) is 12.4. The summed E-state index contributed by atoms with van der Waals surface area (Å²) in [7, 11) is 1.58. The fourth-order valence-electron chi connectivity index (χ4n) is 4.27. The number of rotatable bonds is 6. The van der Waals surface area contributed by atoms with Crippen molar-refractivity contribution in [1.29, 1.82) is 0 Å². The van der Waals surface area contributed by atoms with Gasteiger partial charge in [-0.3, -0.25) is 4.79 Å². The third kappa shape index (κ3) is 4.18. The first-order valence-corrected chi connectivity index (χ1v) is 10.3. The van der Waals surface area contributed by atoms with Crippen LogP contribution in [-0.2, 0) is 23.9 Å². The van der Waals surface area contributed by atoms with Gasteiger partial charge in [0.1, 0.15) is 5.54 Å². The van der Waals surface area contributed by atoms with Gasteiger partial charge < -0.3 is 19.4 Å². The molecular formula is C22H30N2O7. The van der Waals surface area contributed by atoms with E-state index in [4.69, 9.17) is 19.1 Å². The summed E-state index contributed by atoms with van der Waals surface area (Å²) in [6.07, 6.45) is -0.118. The molecule has 0 radical (unpaired) electrons. The van der Waals surface area contributed by atoms with E-state index in [1.54, 1.807) is 19.1 Å². The molecule has 0 atom stereocenters. The second-order valence-corrected chi connectivity index (χ2v) is 7.74. The van der Waals surface area contributed by atoms with Crippen LogP contribution in [0.1, 0.15) is 42.0 Å². The van der Waals surface area contributed by atoms with Crippen LogP contribution in [0.3, 0.4) is 0 Å². The number of carbonyl (C=O) groups excluding carboxylic acids is 2. The Hall–Kier alpha value is -2.46. The largest absolute Gasteiger partial charge is 0.513 e. The van der Waals surface area contributed by atoms with E-state index < -0.39 is 24.4 Å². The van der Waals surface area contributed by atoms with Gasteiger partial charge >= 0.3 is 6.16 Å². The molecule has 1 aromatic carbocycles. The van der Waals surface area contributed by atoms with E-state index >= 15 is 0 Å². The highest BCUT2D eigenvalue weighted by molar-refractivity contribution is 6.23. The Morgan fingerprint density at radius 3 is 2.35 bits per heavy atom. The summed E-state index contributed by atoms with van der Waals surface area (Å²) in [6, 6.07) is 3.90. The average Bonchev–Trinajstić information content (AvgIpc) is 2.94. The highest BCUT2D eigenvalue weighted by atomic mass is 16.8. The molecule has 1 spiro atoms. The first-order chi connectivity index (χ1) is 14.8. The van der Waals surface area contributed by atoms with Crippen molar-refractivity contribution >= 4 is 17.6 Å². The van der Waals surface area contributed by atoms with Crippen molar-refractivity contribution in [2.24, 2.45) is 0 Å². The first kappa shape index (κ1) is 23.2. The molecule has 0 aliphatic carbocycles. The lowest BCUT2D eigenvalue weighted by Crippen LogP contribution is -2.55. The number of aliphatic hydroxyl groups excluding tert-OH is 1. The lowest BCUT2D eigenvalue weighted by atomic mass is 9.85. The standard InChI is InChI=1S/C22H30N2O7/c1-6-29-21(27)31-19-18(17-12-15(3)14(2)11-16(17)4)20(26)24(30-13-25)22(19)7-9-23(28-5)10-8-22/h11-12,25H,6-10,13H2,1-5H3. The summed E-state index contributed by atoms with van der Waals surface area (Å²) in [5.41, 5.74) is 2.79. The maximum atomic E-state index is 13.6. The quantitative estimate of drug-likeness (QED) is 0.539. The molecule has 1 fully saturated rings. The van der Waals surface area contributed by atoms with E-state index in [9.17, 15) is 14.7 Å². The number of carbonyl (C=O) groups is 2. The number of piperidine rings is 1. The zero-order chi connectivity index (χ0) is 22.8. The summed E-state index contributed by atoms with van der Waals surface area (Å²) < 4.78 is 10.7. The van der Waals surface area contributed by atoms with Crippen molar-refractivity contribution < 1.29 is 33.8 Å². The van der Waals surface area contributed by atoms with Crippen molar-refractivity contribution in [2.75, 3.05) is 33.6 Å². The number of aryl methyl sites for hydroxylation is 3. The molecule has 0 bridgehead atoms. The van der Waals surface area contributed by atoms with Crippen LogP contribution in [0.15, 0.2) is 17.9 Å². The SMILES string of the molecule is CCOC(=O)OC1=C(c2cc(C)c(C)cc2C)C(=O)N(OCO)C12CCN(OC)CC2. The maximum Gasteiger partial charge on any atom is 0.513 e. The number of aliphatic hydroxyl groups is 1. The Balaban J connectivity index is 2.20. The Kier molecular flexibility index (Phi) is 7.00. The Bertz CT molecular complexity index is 888. The Morgan fingerprint density at radius 1 is 1.13 bits per heavy atom. The molecule has 0 saturated carbocycles. The van der Waals surface area contributed by atoms with E-state index in [0.717, 1.165) is 21.8 Å². The van der Waals surface area contributed by atoms with Crippen LogP contribution in [0.5, 0.6) is 0 Å². The molecule has 9 heteroatoms. The summed E-state index contributed by atoms with van der Waals surface area (Å²) in [4.78, 5) is 36.7. The minimum absolute atomic E-state index is 0.138. The Labute approximate surface area is 182 Å². The van der Waals surface area contributed by atoms with Gasteiger partial charge in [-0.15, -0.1) is 0 Å². The first-order valence-electron chi connectivity index (χ1n) is 10.3. The zero-order valence-corrected chi connectivity index (χ0v) is 18.7. The minimum atomic E-state index is -1.07. The smallest absolute Gasteiger partial charge is 0.434 e. The van der Waals surface area contributed by atoms with Gasteiger partial charge in [-0.1, -0.05) is 12.1 Å². The molecule has 1 N–H and O–H groups in total. The fourth-order valence-corrected chi connectivity index (χ4v) is 4.27. The van der Waals surface area contributed by atoms with Gasteiger partial charge in [0.15, 0.2) is 12.6 Å². The average molecular weight is 434 g/mol. The predicted molar refractivity (Wildman–Crippen MR) is 111 cm³/mol. The topological polar surface area (TPSA) is 97.8 Å². The van der Waals surface area contributed by atoms with Crippen molar-refractivity contribution in [3.63, 3.8) is 0 Å². The number of ether oxygens (including phenoxy) is 2. The highest BCUT2D eigenvalue weighted by Crippen LogP contribution is 2.48. The Morgan fingerprint density at radius 2 is 1.77 bits per heavy atom. The second-order valence-electron chi connectivity index (χ2n) is 7.74. The van der Waals surface area contributed by atoms with Crippen LogP contribution in [0, 0.1) is 20.8 Å². The summed E-state index contributed by atoms with van der Waals surface area (Å²) in [6.45, 7) is 7.94. The van der Waals surface area contributed by atoms with Crippen molar-refractivity contribution in [1.82, 2.24) is 10.1 Å². The van der Waals surface area contributed by atoms with E-state index in [-0.39, 0.29) is 17.9 Å². The lowest BCUT2D eigenvalue weighted by molar-refractivity contribution is -0.256. The number of hydroxylamine groups is 4. The molecule has 0 unspecified atom stereocenters. The zero-order valence-electron chi connectivity index (χ0n) is 18.7. The molecule has 170 valence electrons. The molecule has 2 heterocycles. The molecule has 1 aromatic rings. The highest BCUT2D eigenvalue weighted by Gasteiger charge is 2.57. The van der Waals surface area contributed by atoms with Gasteiger partial charge in [0.2, 0.25) is 0 Å². The van der Waals surface area contributed by atoms with Gasteiger partial charge in [0, 0.05) is 13.1 Å². The van der Waals surface area contributed by atoms with Gasteiger partial charge in [-0.2, -0.15) is 5.06 Å². The normalized spacial score (nSPS) is 18.8. The molecule has 31 heavy (non-hydrogen) atoms. The summed E-state index contributed by atoms with van der Waals surface area (Å²) in [5.74, 6) is -0.280. The minimum Gasteiger partial charge on any atom is -0.434 e. The summed E-state index contributed by atoms with van der Waals surface area (Å²) >= 11 is 0. The monoisotopic (exact) mass is 434 g/mol. The van der Waals surface area contributed by atoms with Crippen molar-refractivity contribution in [2.45, 2.75) is 46.1 Å². The van der Waals surface area contributed by atoms with Crippen LogP contribution in [0.4, 0.5) is 4.79 Å². The fraction of sp³-hybridized carbons (Fsp3) is 0.545. The molecule has 2 aliphatic heterocycles. The van der Waals surface area contributed by atoms with E-state index in [2.05, 4.69) is 0 Å². The van der Waals surface area contributed by atoms with Gasteiger partial charge in [0.25, 0.3) is 5.91 Å². The van der Waals surface area contributed by atoms with Crippen LogP contribution < -0.4 is 0 Å². The van der Waals surface area contributed by atoms with Gasteiger partial charge in [-0.25, -0.2) is 14.7 Å². The number of hydrogen-bond donors (Lipinski definition) is 1. The lowest BCUT2D eigenvalue weighted by Gasteiger charge is -2.43. The van der Waals surface area contributed by atoms with Gasteiger partial charge in [0.05, 0.1) is 19.3 Å². The van der Waals surface area contributed by atoms with Crippen molar-refractivity contribution in [3.8, 4) is 0 Å². The molecular weight excluding hydrogens is 404 g/mol. The van der Waals surface area contributed by atoms with Crippen LogP contribution in [0.25, 0.3) is 5.57 Å². The van der Waals surface area contributed by atoms with Crippen LogP contribution in [-0.4, -0.2) is 66.4 Å². The van der Waals surface area contributed by atoms with Crippen LogP contribution in [0.2, 0.25) is 0 Å².